The number of alkyl carbamates (subject to hydrolysis) is 1. The number of nitrogens with one attached hydrogen (secondary N) is 2. The van der Waals surface area contributed by atoms with E-state index in [1.54, 1.807) is 6.20 Å². The molecule has 0 radical (unpaired) electrons. The minimum atomic E-state index is -0.492. The molecule has 0 bridgehead atoms. The molecule has 0 aliphatic heterocycles. The van der Waals surface area contributed by atoms with Gasteiger partial charge in [0.2, 0.25) is 0 Å². The Morgan fingerprint density at radius 3 is 2.91 bits per heavy atom. The molecule has 7 nitrogen and oxygen atoms in total. The second kappa shape index (κ2) is 6.55. The molecular weight excluding hydrogens is 284 g/mol. The van der Waals surface area contributed by atoms with E-state index in [0.29, 0.717) is 31.0 Å². The molecule has 7 heteroatoms. The van der Waals surface area contributed by atoms with Gasteiger partial charge in [-0.05, 0) is 33.3 Å². The van der Waals surface area contributed by atoms with Crippen molar-refractivity contribution in [1.82, 2.24) is 15.5 Å². The lowest BCUT2D eigenvalue weighted by Gasteiger charge is -2.19. The Hall–Kier alpha value is -2.44. The highest BCUT2D eigenvalue weighted by molar-refractivity contribution is 5.84. The maximum absolute atomic E-state index is 11.5. The summed E-state index contributed by atoms with van der Waals surface area (Å²) in [5.41, 5.74) is 6.87. The molecule has 0 atom stereocenters. The van der Waals surface area contributed by atoms with Gasteiger partial charge in [-0.1, -0.05) is 0 Å². The molecule has 1 amide bonds. The topological polar surface area (TPSA) is 102 Å². The first-order valence-electron chi connectivity index (χ1n) is 7.17. The number of H-pyrrole nitrogens is 1. The third kappa shape index (κ3) is 4.54. The summed E-state index contributed by atoms with van der Waals surface area (Å²) in [6.45, 7) is 6.39. The number of hydrogen-bond donors (Lipinski definition) is 3. The molecule has 0 unspecified atom stereocenters. The van der Waals surface area contributed by atoms with Gasteiger partial charge in [0.1, 0.15) is 11.4 Å². The van der Waals surface area contributed by atoms with Gasteiger partial charge in [-0.2, -0.15) is 5.10 Å². The van der Waals surface area contributed by atoms with E-state index in [4.69, 9.17) is 15.2 Å². The van der Waals surface area contributed by atoms with Crippen molar-refractivity contribution < 1.29 is 14.3 Å². The van der Waals surface area contributed by atoms with Gasteiger partial charge in [0.15, 0.2) is 0 Å². The van der Waals surface area contributed by atoms with Crippen molar-refractivity contribution in [2.24, 2.45) is 0 Å². The van der Waals surface area contributed by atoms with Crippen LogP contribution >= 0.6 is 0 Å². The summed E-state index contributed by atoms with van der Waals surface area (Å²) in [4.78, 5) is 11.5. The molecule has 4 N–H and O–H groups in total. The molecule has 1 aromatic carbocycles. The molecule has 120 valence electrons. The van der Waals surface area contributed by atoms with Crippen molar-refractivity contribution in [2.45, 2.75) is 32.8 Å². The number of carbonyl (C=O) groups is 1. The molecule has 0 spiro atoms. The molecule has 0 saturated heterocycles. The lowest BCUT2D eigenvalue weighted by molar-refractivity contribution is 0.0525. The van der Waals surface area contributed by atoms with Crippen LogP contribution in [0.25, 0.3) is 10.9 Å². The Balaban J connectivity index is 1.74. The predicted octanol–water partition coefficient (Wildman–Crippen LogP) is 2.44. The second-order valence-corrected chi connectivity index (χ2v) is 5.98. The minimum Gasteiger partial charge on any atom is -0.491 e. The first-order valence-corrected chi connectivity index (χ1v) is 7.17. The van der Waals surface area contributed by atoms with E-state index >= 15 is 0 Å². The van der Waals surface area contributed by atoms with Crippen LogP contribution in [0.1, 0.15) is 27.2 Å². The van der Waals surface area contributed by atoms with Gasteiger partial charge >= 0.3 is 6.09 Å². The van der Waals surface area contributed by atoms with Gasteiger partial charge in [0.05, 0.1) is 24.0 Å². The summed E-state index contributed by atoms with van der Waals surface area (Å²) in [6.07, 6.45) is 1.94. The molecule has 0 saturated carbocycles. The Morgan fingerprint density at radius 1 is 1.41 bits per heavy atom. The van der Waals surface area contributed by atoms with Gasteiger partial charge in [-0.25, -0.2) is 4.79 Å². The van der Waals surface area contributed by atoms with Gasteiger partial charge in [-0.15, -0.1) is 0 Å². The van der Waals surface area contributed by atoms with E-state index < -0.39 is 11.7 Å². The van der Waals surface area contributed by atoms with Crippen LogP contribution in [0.4, 0.5) is 10.5 Å². The van der Waals surface area contributed by atoms with Gasteiger partial charge in [0.25, 0.3) is 0 Å². The van der Waals surface area contributed by atoms with E-state index in [9.17, 15) is 4.79 Å². The van der Waals surface area contributed by atoms with Crippen LogP contribution in [0.3, 0.4) is 0 Å². The molecule has 2 aromatic rings. The largest absolute Gasteiger partial charge is 0.491 e. The number of nitrogens with zero attached hydrogens (tertiary/aromatic N) is 1. The third-order valence-corrected chi connectivity index (χ3v) is 2.82. The normalized spacial score (nSPS) is 11.4. The molecule has 0 aliphatic rings. The molecule has 2 rings (SSSR count). The quantitative estimate of drug-likeness (QED) is 0.581. The van der Waals surface area contributed by atoms with Crippen molar-refractivity contribution in [3.8, 4) is 5.75 Å². The molecule has 22 heavy (non-hydrogen) atoms. The number of ether oxygens (including phenoxy) is 2. The summed E-state index contributed by atoms with van der Waals surface area (Å²) < 4.78 is 10.8. The molecule has 0 fully saturated rings. The van der Waals surface area contributed by atoms with Crippen molar-refractivity contribution >= 4 is 22.7 Å². The highest BCUT2D eigenvalue weighted by Crippen LogP contribution is 2.26. The number of carbonyl (C=O) groups excluding carboxylic acids is 1. The number of aromatic nitrogens is 2. The number of benzene rings is 1. The van der Waals surface area contributed by atoms with Crippen LogP contribution in [0.5, 0.6) is 5.75 Å². The third-order valence-electron chi connectivity index (χ3n) is 2.82. The average Bonchev–Trinajstić information content (AvgIpc) is 2.83. The molecular formula is C15H22N4O3. The molecule has 1 heterocycles. The number of hydrogen-bond acceptors (Lipinski definition) is 5. The number of fused-ring (bicyclic) bond motifs is 1. The molecule has 1 aromatic heterocycles. The van der Waals surface area contributed by atoms with Gasteiger partial charge in [-0.3, -0.25) is 5.10 Å². The van der Waals surface area contributed by atoms with E-state index in [0.717, 1.165) is 10.9 Å². The lowest BCUT2D eigenvalue weighted by Crippen LogP contribution is -2.33. The Labute approximate surface area is 129 Å². The predicted molar refractivity (Wildman–Crippen MR) is 84.9 cm³/mol. The first-order chi connectivity index (χ1) is 10.3. The lowest BCUT2D eigenvalue weighted by atomic mass is 10.2. The summed E-state index contributed by atoms with van der Waals surface area (Å²) in [6, 6.07) is 3.63. The first kappa shape index (κ1) is 15.9. The van der Waals surface area contributed by atoms with Crippen LogP contribution < -0.4 is 15.8 Å². The van der Waals surface area contributed by atoms with Crippen molar-refractivity contribution in [3.63, 3.8) is 0 Å². The monoisotopic (exact) mass is 306 g/mol. The zero-order valence-electron chi connectivity index (χ0n) is 13.1. The second-order valence-electron chi connectivity index (χ2n) is 5.98. The van der Waals surface area contributed by atoms with Crippen LogP contribution in [0.2, 0.25) is 0 Å². The number of rotatable bonds is 5. The zero-order valence-corrected chi connectivity index (χ0v) is 13.1. The number of aromatic amines is 1. The highest BCUT2D eigenvalue weighted by atomic mass is 16.6. The fourth-order valence-electron chi connectivity index (χ4n) is 1.87. The Bertz CT molecular complexity index is 646. The maximum atomic E-state index is 11.5. The minimum absolute atomic E-state index is 0.425. The Kier molecular flexibility index (Phi) is 4.75. The van der Waals surface area contributed by atoms with E-state index in [1.165, 1.54) is 0 Å². The van der Waals surface area contributed by atoms with Crippen LogP contribution in [0.15, 0.2) is 18.3 Å². The summed E-state index contributed by atoms with van der Waals surface area (Å²) in [5, 5.41) is 10.4. The average molecular weight is 306 g/mol. The van der Waals surface area contributed by atoms with Crippen molar-refractivity contribution in [2.75, 3.05) is 18.9 Å². The maximum Gasteiger partial charge on any atom is 0.407 e. The van der Waals surface area contributed by atoms with Crippen LogP contribution in [0, 0.1) is 0 Å². The van der Waals surface area contributed by atoms with Crippen molar-refractivity contribution in [1.29, 1.82) is 0 Å². The number of nitrogen functional groups attached to an aromatic ring is 1. The fourth-order valence-corrected chi connectivity index (χ4v) is 1.87. The van der Waals surface area contributed by atoms with Gasteiger partial charge in [0, 0.05) is 18.0 Å². The number of anilines is 1. The van der Waals surface area contributed by atoms with Gasteiger partial charge < -0.3 is 20.5 Å². The van der Waals surface area contributed by atoms with E-state index in [1.807, 2.05) is 32.9 Å². The Morgan fingerprint density at radius 2 is 2.18 bits per heavy atom. The molecule has 0 aliphatic carbocycles. The van der Waals surface area contributed by atoms with E-state index in [-0.39, 0.29) is 0 Å². The summed E-state index contributed by atoms with van der Waals surface area (Å²) in [5.74, 6) is 0.606. The number of amides is 1. The van der Waals surface area contributed by atoms with Crippen LogP contribution in [-0.4, -0.2) is 35.0 Å². The summed E-state index contributed by atoms with van der Waals surface area (Å²) in [7, 11) is 0. The zero-order chi connectivity index (χ0) is 16.2. The number of nitrogens with two attached hydrogens (primary N) is 1. The van der Waals surface area contributed by atoms with E-state index in [2.05, 4.69) is 15.5 Å². The highest BCUT2D eigenvalue weighted by Gasteiger charge is 2.15. The van der Waals surface area contributed by atoms with Crippen molar-refractivity contribution in [3.05, 3.63) is 18.3 Å². The fraction of sp³-hybridized carbons (Fsp3) is 0.467. The standard InChI is InChI=1S/C15H22N4O3/c1-15(2,3)22-14(20)17-5-4-6-21-13-8-12-10(7-11(13)16)9-18-19-12/h7-9H,4-6,16H2,1-3H3,(H,17,20)(H,18,19). The summed E-state index contributed by atoms with van der Waals surface area (Å²) >= 11 is 0. The SMILES string of the molecule is CC(C)(C)OC(=O)NCCCOc1cc2[nH]ncc2cc1N. The smallest absolute Gasteiger partial charge is 0.407 e. The van der Waals surface area contributed by atoms with Crippen LogP contribution in [-0.2, 0) is 4.74 Å².